The van der Waals surface area contributed by atoms with Crippen LogP contribution >= 0.6 is 11.3 Å². The minimum absolute atomic E-state index is 0.0561. The van der Waals surface area contributed by atoms with Gasteiger partial charge in [0.15, 0.2) is 0 Å². The fraction of sp³-hybridized carbons (Fsp3) is 0.333. The molecule has 0 aromatic carbocycles. The van der Waals surface area contributed by atoms with E-state index in [0.29, 0.717) is 6.54 Å². The van der Waals surface area contributed by atoms with Crippen molar-refractivity contribution in [3.8, 4) is 0 Å². The van der Waals surface area contributed by atoms with Crippen LogP contribution in [0.15, 0.2) is 28.2 Å². The summed E-state index contributed by atoms with van der Waals surface area (Å²) < 4.78 is 2.40. The number of allylic oxidation sites excluding steroid dienone is 2. The van der Waals surface area contributed by atoms with E-state index >= 15 is 0 Å². The number of aromatic nitrogens is 2. The van der Waals surface area contributed by atoms with Gasteiger partial charge in [0.1, 0.15) is 4.70 Å². The number of nitrogens with zero attached hydrogens (tertiary/aromatic N) is 2. The van der Waals surface area contributed by atoms with Crippen molar-refractivity contribution in [1.82, 2.24) is 9.55 Å². The van der Waals surface area contributed by atoms with Gasteiger partial charge in [0.05, 0.1) is 11.8 Å². The molecule has 0 aliphatic rings. The molecule has 0 unspecified atom stereocenters. The van der Waals surface area contributed by atoms with E-state index in [9.17, 15) is 4.79 Å². The Hall–Kier alpha value is -1.42. The van der Waals surface area contributed by atoms with Crippen LogP contribution in [0.3, 0.4) is 0 Å². The van der Waals surface area contributed by atoms with Gasteiger partial charge >= 0.3 is 0 Å². The van der Waals surface area contributed by atoms with Gasteiger partial charge in [0.25, 0.3) is 5.56 Å². The topological polar surface area (TPSA) is 34.9 Å². The summed E-state index contributed by atoms with van der Waals surface area (Å²) >= 11 is 1.47. The van der Waals surface area contributed by atoms with Gasteiger partial charge < -0.3 is 0 Å². The molecule has 0 aliphatic heterocycles. The third kappa shape index (κ3) is 1.93. The molecule has 2 heterocycles. The van der Waals surface area contributed by atoms with Gasteiger partial charge in [-0.3, -0.25) is 9.36 Å². The Morgan fingerprint density at radius 3 is 3.00 bits per heavy atom. The van der Waals surface area contributed by atoms with Crippen LogP contribution in [0.2, 0.25) is 0 Å². The molecule has 4 heteroatoms. The molecule has 0 aliphatic carbocycles. The van der Waals surface area contributed by atoms with Crippen molar-refractivity contribution in [3.63, 3.8) is 0 Å². The van der Waals surface area contributed by atoms with Crippen LogP contribution in [-0.4, -0.2) is 9.55 Å². The molecule has 0 spiro atoms. The summed E-state index contributed by atoms with van der Waals surface area (Å²) in [5.41, 5.74) is 3.17. The molecule has 0 bridgehead atoms. The van der Waals surface area contributed by atoms with Crippen LogP contribution in [0.4, 0.5) is 0 Å². The van der Waals surface area contributed by atoms with Crippen molar-refractivity contribution in [3.05, 3.63) is 39.3 Å². The van der Waals surface area contributed by atoms with E-state index in [4.69, 9.17) is 0 Å². The lowest BCUT2D eigenvalue weighted by molar-refractivity contribution is 0.764. The average molecular weight is 234 g/mol. The summed E-state index contributed by atoms with van der Waals surface area (Å²) in [5, 5.41) is 1.98. The second-order valence-corrected chi connectivity index (χ2v) is 4.96. The maximum Gasteiger partial charge on any atom is 0.271 e. The quantitative estimate of drug-likeness (QED) is 0.749. The summed E-state index contributed by atoms with van der Waals surface area (Å²) in [4.78, 5) is 16.4. The smallest absolute Gasteiger partial charge is 0.271 e. The lowest BCUT2D eigenvalue weighted by Crippen LogP contribution is -2.19. The van der Waals surface area contributed by atoms with E-state index in [0.717, 1.165) is 15.8 Å². The van der Waals surface area contributed by atoms with E-state index in [1.165, 1.54) is 16.9 Å². The minimum Gasteiger partial charge on any atom is -0.294 e. The zero-order valence-corrected chi connectivity index (χ0v) is 10.5. The number of fused-ring (bicyclic) bond motifs is 1. The summed E-state index contributed by atoms with van der Waals surface area (Å²) in [6, 6.07) is 0. The van der Waals surface area contributed by atoms with E-state index < -0.39 is 0 Å². The van der Waals surface area contributed by atoms with Gasteiger partial charge in [-0.05, 0) is 31.7 Å². The molecule has 0 fully saturated rings. The van der Waals surface area contributed by atoms with Gasteiger partial charge in [0.2, 0.25) is 0 Å². The van der Waals surface area contributed by atoms with E-state index in [1.54, 1.807) is 10.9 Å². The standard InChI is InChI=1S/C12H14N2OS/c1-8(2)4-5-14-7-13-10-9(3)6-16-11(10)12(14)15/h4,6-7H,5H2,1-3H3. The Bertz CT molecular complexity index is 603. The molecule has 16 heavy (non-hydrogen) atoms. The van der Waals surface area contributed by atoms with Crippen molar-refractivity contribution in [2.45, 2.75) is 27.3 Å². The van der Waals surface area contributed by atoms with Crippen molar-refractivity contribution in [1.29, 1.82) is 0 Å². The largest absolute Gasteiger partial charge is 0.294 e. The molecule has 0 atom stereocenters. The molecule has 0 saturated carbocycles. The van der Waals surface area contributed by atoms with Gasteiger partial charge in [-0.15, -0.1) is 11.3 Å². The molecule has 0 N–H and O–H groups in total. The number of thiophene rings is 1. The summed E-state index contributed by atoms with van der Waals surface area (Å²) in [5.74, 6) is 0. The number of aryl methyl sites for hydroxylation is 1. The van der Waals surface area contributed by atoms with Gasteiger partial charge in [-0.1, -0.05) is 11.6 Å². The third-order valence-corrected chi connectivity index (χ3v) is 3.49. The Labute approximate surface area is 98.1 Å². The molecule has 2 rings (SSSR count). The first-order chi connectivity index (χ1) is 7.59. The van der Waals surface area contributed by atoms with Crippen molar-refractivity contribution in [2.75, 3.05) is 0 Å². The predicted molar refractivity (Wildman–Crippen MR) is 68.0 cm³/mol. The van der Waals surface area contributed by atoms with E-state index in [2.05, 4.69) is 4.98 Å². The van der Waals surface area contributed by atoms with Crippen molar-refractivity contribution >= 4 is 21.6 Å². The Balaban J connectivity index is 2.53. The lowest BCUT2D eigenvalue weighted by Gasteiger charge is -2.01. The number of hydrogen-bond acceptors (Lipinski definition) is 3. The van der Waals surface area contributed by atoms with Crippen LogP contribution < -0.4 is 5.56 Å². The Kier molecular flexibility index (Phi) is 2.92. The van der Waals surface area contributed by atoms with Crippen molar-refractivity contribution in [2.24, 2.45) is 0 Å². The molecular weight excluding hydrogens is 220 g/mol. The SMILES string of the molecule is CC(C)=CCn1cnc2c(C)csc2c1=O. The number of hydrogen-bond donors (Lipinski definition) is 0. The highest BCUT2D eigenvalue weighted by atomic mass is 32.1. The second-order valence-electron chi connectivity index (χ2n) is 4.08. The van der Waals surface area contributed by atoms with Crippen LogP contribution in [0.25, 0.3) is 10.2 Å². The van der Waals surface area contributed by atoms with Gasteiger partial charge in [0, 0.05) is 6.54 Å². The molecule has 84 valence electrons. The molecule has 2 aromatic heterocycles. The fourth-order valence-corrected chi connectivity index (χ4v) is 2.42. The summed E-state index contributed by atoms with van der Waals surface area (Å²) in [6.45, 7) is 6.62. The molecule has 3 nitrogen and oxygen atoms in total. The highest BCUT2D eigenvalue weighted by molar-refractivity contribution is 7.17. The fourth-order valence-electron chi connectivity index (χ4n) is 1.47. The first kappa shape index (κ1) is 11.1. The molecule has 2 aromatic rings. The highest BCUT2D eigenvalue weighted by Crippen LogP contribution is 2.19. The van der Waals surface area contributed by atoms with Crippen molar-refractivity contribution < 1.29 is 0 Å². The minimum atomic E-state index is 0.0561. The van der Waals surface area contributed by atoms with Gasteiger partial charge in [-0.2, -0.15) is 0 Å². The maximum atomic E-state index is 12.1. The zero-order chi connectivity index (χ0) is 11.7. The molecule has 0 amide bonds. The molecule has 0 saturated heterocycles. The Morgan fingerprint density at radius 1 is 1.56 bits per heavy atom. The van der Waals surface area contributed by atoms with Crippen LogP contribution in [0, 0.1) is 6.92 Å². The monoisotopic (exact) mass is 234 g/mol. The van der Waals surface area contributed by atoms with Crippen LogP contribution in [-0.2, 0) is 6.54 Å². The molecular formula is C12H14N2OS. The number of rotatable bonds is 2. The highest BCUT2D eigenvalue weighted by Gasteiger charge is 2.07. The Morgan fingerprint density at radius 2 is 2.31 bits per heavy atom. The lowest BCUT2D eigenvalue weighted by atomic mass is 10.3. The predicted octanol–water partition coefficient (Wildman–Crippen LogP) is 2.73. The van der Waals surface area contributed by atoms with Crippen LogP contribution in [0.1, 0.15) is 19.4 Å². The van der Waals surface area contributed by atoms with Crippen LogP contribution in [0.5, 0.6) is 0 Å². The van der Waals surface area contributed by atoms with E-state index in [1.807, 2.05) is 32.2 Å². The third-order valence-electron chi connectivity index (χ3n) is 2.42. The molecule has 0 radical (unpaired) electrons. The summed E-state index contributed by atoms with van der Waals surface area (Å²) in [6.07, 6.45) is 3.65. The first-order valence-electron chi connectivity index (χ1n) is 5.16. The maximum absolute atomic E-state index is 12.1. The summed E-state index contributed by atoms with van der Waals surface area (Å²) in [7, 11) is 0. The second kappa shape index (κ2) is 4.22. The normalized spacial score (nSPS) is 10.7. The zero-order valence-electron chi connectivity index (χ0n) is 9.65. The first-order valence-corrected chi connectivity index (χ1v) is 6.04. The average Bonchev–Trinajstić information content (AvgIpc) is 2.60. The van der Waals surface area contributed by atoms with E-state index in [-0.39, 0.29) is 5.56 Å². The van der Waals surface area contributed by atoms with Gasteiger partial charge in [-0.25, -0.2) is 4.98 Å².